The Bertz CT molecular complexity index is 945. The highest BCUT2D eigenvalue weighted by Crippen LogP contribution is 2.48. The lowest BCUT2D eigenvalue weighted by Gasteiger charge is -2.28. The van der Waals surface area contributed by atoms with E-state index in [0.717, 1.165) is 11.0 Å². The molecule has 0 atom stereocenters. The van der Waals surface area contributed by atoms with Gasteiger partial charge in [0.05, 0.1) is 16.3 Å². The second kappa shape index (κ2) is 7.11. The monoisotopic (exact) mass is 478 g/mol. The first-order chi connectivity index (χ1) is 12.9. The fourth-order valence-corrected chi connectivity index (χ4v) is 3.28. The summed E-state index contributed by atoms with van der Waals surface area (Å²) in [5.74, 6) is -0.456. The second-order valence-corrected chi connectivity index (χ2v) is 8.32. The van der Waals surface area contributed by atoms with Gasteiger partial charge in [-0.1, -0.05) is 27.5 Å². The maximum atomic E-state index is 13.6. The molecule has 0 N–H and O–H groups in total. The van der Waals surface area contributed by atoms with Crippen molar-refractivity contribution in [2.75, 3.05) is 4.90 Å². The summed E-state index contributed by atoms with van der Waals surface area (Å²) in [7, 11) is 0. The van der Waals surface area contributed by atoms with E-state index in [1.165, 1.54) is 18.3 Å². The molecule has 0 spiro atoms. The molecule has 0 unspecified atom stereocenters. The molecular weight excluding hydrogens is 465 g/mol. The van der Waals surface area contributed by atoms with Crippen LogP contribution in [0.3, 0.4) is 0 Å². The lowest BCUT2D eigenvalue weighted by atomic mass is 10.1. The molecule has 1 aliphatic heterocycles. The summed E-state index contributed by atoms with van der Waals surface area (Å²) in [5.41, 5.74) is -1.79. The maximum absolute atomic E-state index is 13.6. The van der Waals surface area contributed by atoms with Crippen molar-refractivity contribution in [3.63, 3.8) is 0 Å². The number of nitrogens with zero attached hydrogens (tertiary/aromatic N) is 2. The maximum Gasteiger partial charge on any atom is 0.420 e. The van der Waals surface area contributed by atoms with Crippen LogP contribution in [0.4, 0.5) is 29.5 Å². The normalized spacial score (nSPS) is 13.9. The van der Waals surface area contributed by atoms with Gasteiger partial charge in [0, 0.05) is 10.7 Å². The summed E-state index contributed by atoms with van der Waals surface area (Å²) < 4.78 is 51.8. The lowest BCUT2D eigenvalue weighted by Crippen LogP contribution is -2.34. The first-order valence-electron chi connectivity index (χ1n) is 8.08. The minimum absolute atomic E-state index is 0.0479. The third-order valence-corrected chi connectivity index (χ3v) is 4.52. The second-order valence-electron chi connectivity index (χ2n) is 7.00. The number of alkyl halides is 3. The van der Waals surface area contributed by atoms with Crippen molar-refractivity contribution in [2.45, 2.75) is 39.2 Å². The SMILES string of the molecule is CC(C)(C)OC(=O)N1c2cc(Br)cc(C(F)(F)F)c2OCc2c(Cl)ccnc21. The van der Waals surface area contributed by atoms with Crippen LogP contribution in [-0.4, -0.2) is 16.7 Å². The number of carbonyl (C=O) groups excluding carboxylic acids is 1. The highest BCUT2D eigenvalue weighted by atomic mass is 79.9. The number of ether oxygens (including phenoxy) is 2. The number of pyridine rings is 1. The Morgan fingerprint density at radius 3 is 2.61 bits per heavy atom. The molecule has 0 fully saturated rings. The highest BCUT2D eigenvalue weighted by Gasteiger charge is 2.41. The van der Waals surface area contributed by atoms with E-state index in [0.29, 0.717) is 0 Å². The first-order valence-corrected chi connectivity index (χ1v) is 9.25. The van der Waals surface area contributed by atoms with Crippen LogP contribution in [0, 0.1) is 0 Å². The number of amides is 1. The molecule has 3 rings (SSSR count). The van der Waals surface area contributed by atoms with E-state index >= 15 is 0 Å². The van der Waals surface area contributed by atoms with Crippen LogP contribution < -0.4 is 9.64 Å². The molecule has 1 aromatic carbocycles. The van der Waals surface area contributed by atoms with Gasteiger partial charge in [0.15, 0.2) is 11.6 Å². The standard InChI is InChI=1S/C18H15BrClF3N2O3/c1-17(2,3)28-16(26)25-13-7-9(19)6-11(18(21,22)23)14(13)27-8-10-12(20)4-5-24-15(10)25/h4-7H,8H2,1-3H3. The fraction of sp³-hybridized carbons (Fsp3) is 0.333. The van der Waals surface area contributed by atoms with Gasteiger partial charge in [-0.2, -0.15) is 13.2 Å². The summed E-state index contributed by atoms with van der Waals surface area (Å²) in [4.78, 5) is 18.1. The van der Waals surface area contributed by atoms with Crippen molar-refractivity contribution in [3.05, 3.63) is 45.0 Å². The Balaban J connectivity index is 2.30. The van der Waals surface area contributed by atoms with Crippen LogP contribution >= 0.6 is 27.5 Å². The average Bonchev–Trinajstić information content (AvgIpc) is 2.69. The topological polar surface area (TPSA) is 51.7 Å². The molecule has 0 saturated carbocycles. The molecule has 1 aromatic heterocycles. The van der Waals surface area contributed by atoms with Crippen LogP contribution in [0.25, 0.3) is 0 Å². The Morgan fingerprint density at radius 1 is 1.32 bits per heavy atom. The van der Waals surface area contributed by atoms with E-state index in [4.69, 9.17) is 21.1 Å². The molecule has 1 aliphatic rings. The zero-order valence-electron chi connectivity index (χ0n) is 15.0. The van der Waals surface area contributed by atoms with Crippen LogP contribution in [0.15, 0.2) is 28.9 Å². The summed E-state index contributed by atoms with van der Waals surface area (Å²) in [5, 5.41) is 0.207. The molecule has 0 aliphatic carbocycles. The molecule has 5 nitrogen and oxygen atoms in total. The molecule has 2 heterocycles. The van der Waals surface area contributed by atoms with Gasteiger partial charge in [0.25, 0.3) is 0 Å². The van der Waals surface area contributed by atoms with Gasteiger partial charge in [-0.05, 0) is 39.0 Å². The van der Waals surface area contributed by atoms with E-state index < -0.39 is 29.2 Å². The average molecular weight is 480 g/mol. The van der Waals surface area contributed by atoms with Gasteiger partial charge >= 0.3 is 12.3 Å². The number of benzene rings is 1. The number of fused-ring (bicyclic) bond motifs is 2. The summed E-state index contributed by atoms with van der Waals surface area (Å²) in [6.07, 6.45) is -4.26. The van der Waals surface area contributed by atoms with Crippen molar-refractivity contribution in [1.82, 2.24) is 4.98 Å². The molecule has 0 radical (unpaired) electrons. The molecule has 0 saturated heterocycles. The Morgan fingerprint density at radius 2 is 2.00 bits per heavy atom. The zero-order valence-corrected chi connectivity index (χ0v) is 17.4. The number of carbonyl (C=O) groups is 1. The molecule has 150 valence electrons. The van der Waals surface area contributed by atoms with E-state index in [9.17, 15) is 18.0 Å². The third-order valence-electron chi connectivity index (χ3n) is 3.71. The third kappa shape index (κ3) is 4.05. The number of halogens is 5. The highest BCUT2D eigenvalue weighted by molar-refractivity contribution is 9.10. The predicted octanol–water partition coefficient (Wildman–Crippen LogP) is 6.48. The van der Waals surface area contributed by atoms with Crippen LogP contribution in [0.2, 0.25) is 5.02 Å². The number of anilines is 2. The van der Waals surface area contributed by atoms with Gasteiger partial charge in [-0.3, -0.25) is 0 Å². The van der Waals surface area contributed by atoms with E-state index in [1.807, 2.05) is 0 Å². The molecule has 28 heavy (non-hydrogen) atoms. The number of rotatable bonds is 0. The van der Waals surface area contributed by atoms with Crippen LogP contribution in [-0.2, 0) is 17.5 Å². The Hall–Kier alpha value is -2.00. The Kier molecular flexibility index (Phi) is 5.26. The zero-order chi connectivity index (χ0) is 20.9. The van der Waals surface area contributed by atoms with Gasteiger partial charge in [-0.15, -0.1) is 0 Å². The van der Waals surface area contributed by atoms with Crippen molar-refractivity contribution in [1.29, 1.82) is 0 Å². The molecule has 10 heteroatoms. The van der Waals surface area contributed by atoms with Gasteiger partial charge in [-0.25, -0.2) is 14.7 Å². The number of aromatic nitrogens is 1. The minimum Gasteiger partial charge on any atom is -0.486 e. The lowest BCUT2D eigenvalue weighted by molar-refractivity contribution is -0.139. The van der Waals surface area contributed by atoms with E-state index in [1.54, 1.807) is 20.8 Å². The molecular formula is C18H15BrClF3N2O3. The van der Waals surface area contributed by atoms with Gasteiger partial charge in [0.2, 0.25) is 0 Å². The van der Waals surface area contributed by atoms with E-state index in [2.05, 4.69) is 20.9 Å². The van der Waals surface area contributed by atoms with Gasteiger partial charge < -0.3 is 9.47 Å². The number of hydrogen-bond donors (Lipinski definition) is 0. The van der Waals surface area contributed by atoms with Crippen molar-refractivity contribution < 1.29 is 27.4 Å². The summed E-state index contributed by atoms with van der Waals surface area (Å²) in [6.45, 7) is 4.65. The summed E-state index contributed by atoms with van der Waals surface area (Å²) in [6, 6.07) is 3.69. The van der Waals surface area contributed by atoms with Crippen LogP contribution in [0.5, 0.6) is 5.75 Å². The molecule has 0 bridgehead atoms. The summed E-state index contributed by atoms with van der Waals surface area (Å²) >= 11 is 9.26. The number of hydrogen-bond acceptors (Lipinski definition) is 4. The smallest absolute Gasteiger partial charge is 0.420 e. The van der Waals surface area contributed by atoms with Crippen molar-refractivity contribution in [3.8, 4) is 5.75 Å². The molecule has 1 amide bonds. The Labute approximate surface area is 172 Å². The van der Waals surface area contributed by atoms with Crippen molar-refractivity contribution in [2.24, 2.45) is 0 Å². The predicted molar refractivity (Wildman–Crippen MR) is 101 cm³/mol. The largest absolute Gasteiger partial charge is 0.486 e. The quantitative estimate of drug-likeness (QED) is 0.434. The van der Waals surface area contributed by atoms with Crippen molar-refractivity contribution >= 4 is 45.1 Å². The van der Waals surface area contributed by atoms with Gasteiger partial charge in [0.1, 0.15) is 17.8 Å². The van der Waals surface area contributed by atoms with Crippen LogP contribution in [0.1, 0.15) is 31.9 Å². The minimum atomic E-state index is -4.71. The fourth-order valence-electron chi connectivity index (χ4n) is 2.64. The molecule has 2 aromatic rings. The first kappa shape index (κ1) is 20.7. The van der Waals surface area contributed by atoms with E-state index in [-0.39, 0.29) is 33.2 Å².